The number of aryl methyl sites for hydroxylation is 1. The van der Waals surface area contributed by atoms with E-state index in [0.29, 0.717) is 19.4 Å². The first kappa shape index (κ1) is 15.1. The number of rotatable bonds is 6. The minimum Gasteiger partial charge on any atom is -0.300 e. The van der Waals surface area contributed by atoms with Gasteiger partial charge in [-0.15, -0.1) is 0 Å². The third-order valence-corrected chi connectivity index (χ3v) is 5.46. The summed E-state index contributed by atoms with van der Waals surface area (Å²) >= 11 is 0. The molecule has 110 valence electrons. The Labute approximate surface area is 120 Å². The van der Waals surface area contributed by atoms with E-state index in [-0.39, 0.29) is 17.6 Å². The van der Waals surface area contributed by atoms with Crippen LogP contribution in [0.1, 0.15) is 31.9 Å². The summed E-state index contributed by atoms with van der Waals surface area (Å²) in [4.78, 5) is 15.4. The Bertz CT molecular complexity index is 557. The molecule has 20 heavy (non-hydrogen) atoms. The van der Waals surface area contributed by atoms with Gasteiger partial charge in [-0.2, -0.15) is 4.31 Å². The lowest BCUT2D eigenvalue weighted by Gasteiger charge is -2.23. The van der Waals surface area contributed by atoms with Crippen LogP contribution in [0.5, 0.6) is 0 Å². The van der Waals surface area contributed by atoms with E-state index in [4.69, 9.17) is 0 Å². The Morgan fingerprint density at radius 1 is 1.45 bits per heavy atom. The average molecular weight is 296 g/mol. The number of pyridine rings is 1. The van der Waals surface area contributed by atoms with Gasteiger partial charge in [0.25, 0.3) is 0 Å². The average Bonchev–Trinajstić information content (AvgIpc) is 2.86. The van der Waals surface area contributed by atoms with Gasteiger partial charge in [0.1, 0.15) is 5.78 Å². The third kappa shape index (κ3) is 3.86. The lowest BCUT2D eigenvalue weighted by Crippen LogP contribution is -2.38. The largest absolute Gasteiger partial charge is 0.300 e. The summed E-state index contributed by atoms with van der Waals surface area (Å²) in [6.07, 6.45) is 4.01. The van der Waals surface area contributed by atoms with Gasteiger partial charge < -0.3 is 0 Å². The van der Waals surface area contributed by atoms with Crippen LogP contribution in [0, 0.1) is 0 Å². The Balaban J connectivity index is 2.00. The topological polar surface area (TPSA) is 67.3 Å². The minimum atomic E-state index is -3.31. The number of hydrogen-bond acceptors (Lipinski definition) is 4. The van der Waals surface area contributed by atoms with E-state index in [1.165, 1.54) is 11.2 Å². The lowest BCUT2D eigenvalue weighted by atomic mass is 10.1. The molecule has 1 aliphatic rings. The number of Topliss-reactive ketones (excluding diaryl/α,β-unsaturated/α-hetero) is 1. The summed E-state index contributed by atoms with van der Waals surface area (Å²) in [5, 5.41) is 0. The van der Waals surface area contributed by atoms with Gasteiger partial charge in [0.05, 0.1) is 5.75 Å². The number of sulfonamides is 1. The van der Waals surface area contributed by atoms with Crippen LogP contribution in [0.3, 0.4) is 0 Å². The van der Waals surface area contributed by atoms with Crippen LogP contribution in [0.2, 0.25) is 0 Å². The molecule has 1 fully saturated rings. The summed E-state index contributed by atoms with van der Waals surface area (Å²) in [6, 6.07) is 5.33. The predicted molar refractivity (Wildman–Crippen MR) is 76.8 cm³/mol. The Hall–Kier alpha value is -1.27. The molecule has 0 saturated carbocycles. The van der Waals surface area contributed by atoms with E-state index in [1.807, 2.05) is 12.1 Å². The number of carbonyl (C=O) groups excluding carboxylic acids is 1. The van der Waals surface area contributed by atoms with Crippen LogP contribution < -0.4 is 0 Å². The fourth-order valence-electron chi connectivity index (χ4n) is 2.61. The molecule has 2 heterocycles. The van der Waals surface area contributed by atoms with Gasteiger partial charge in [0.2, 0.25) is 10.0 Å². The van der Waals surface area contributed by atoms with E-state index < -0.39 is 10.0 Å². The number of ketones is 1. The second kappa shape index (κ2) is 6.45. The molecule has 2 rings (SSSR count). The van der Waals surface area contributed by atoms with Crippen LogP contribution in [0.25, 0.3) is 0 Å². The van der Waals surface area contributed by atoms with E-state index in [2.05, 4.69) is 4.98 Å². The highest BCUT2D eigenvalue weighted by molar-refractivity contribution is 7.89. The molecule has 5 nitrogen and oxygen atoms in total. The highest BCUT2D eigenvalue weighted by atomic mass is 32.2. The molecular formula is C14H20N2O3S. The van der Waals surface area contributed by atoms with Crippen LogP contribution in [-0.4, -0.2) is 41.8 Å². The summed E-state index contributed by atoms with van der Waals surface area (Å²) in [6.45, 7) is 2.04. The van der Waals surface area contributed by atoms with Gasteiger partial charge in [-0.3, -0.25) is 9.78 Å². The van der Waals surface area contributed by atoms with Crippen molar-refractivity contribution in [2.24, 2.45) is 0 Å². The maximum atomic E-state index is 12.4. The molecule has 1 aromatic rings. The summed E-state index contributed by atoms with van der Waals surface area (Å²) in [5.74, 6) is 0.0973. The van der Waals surface area contributed by atoms with Crippen molar-refractivity contribution in [1.82, 2.24) is 9.29 Å². The summed E-state index contributed by atoms with van der Waals surface area (Å²) in [5.41, 5.74) is 0.776. The molecule has 0 spiro atoms. The summed E-state index contributed by atoms with van der Waals surface area (Å²) < 4.78 is 26.3. The van der Waals surface area contributed by atoms with E-state index in [9.17, 15) is 13.2 Å². The molecule has 0 bridgehead atoms. The van der Waals surface area contributed by atoms with Gasteiger partial charge >= 0.3 is 0 Å². The SMILES string of the molecule is CC(=O)CC1CCCN1S(=O)(=O)CCc1ccccn1. The first-order chi connectivity index (χ1) is 9.49. The smallest absolute Gasteiger partial charge is 0.214 e. The standard InChI is InChI=1S/C14H20N2O3S/c1-12(17)11-14-6-4-9-16(14)20(18,19)10-7-13-5-2-3-8-15-13/h2-3,5,8,14H,4,6-7,9-11H2,1H3. The van der Waals surface area contributed by atoms with Crippen LogP contribution in [0.15, 0.2) is 24.4 Å². The highest BCUT2D eigenvalue weighted by Gasteiger charge is 2.34. The Morgan fingerprint density at radius 3 is 2.90 bits per heavy atom. The van der Waals surface area contributed by atoms with Crippen molar-refractivity contribution in [1.29, 1.82) is 0 Å². The number of hydrogen-bond donors (Lipinski definition) is 0. The third-order valence-electron chi connectivity index (χ3n) is 3.55. The Morgan fingerprint density at radius 2 is 2.25 bits per heavy atom. The maximum absolute atomic E-state index is 12.4. The molecule has 0 radical (unpaired) electrons. The molecule has 0 aromatic carbocycles. The maximum Gasteiger partial charge on any atom is 0.214 e. The molecule has 6 heteroatoms. The van der Waals surface area contributed by atoms with Crippen molar-refractivity contribution in [3.63, 3.8) is 0 Å². The van der Waals surface area contributed by atoms with Crippen LogP contribution in [0.4, 0.5) is 0 Å². The zero-order valence-corrected chi connectivity index (χ0v) is 12.5. The van der Waals surface area contributed by atoms with Crippen LogP contribution in [-0.2, 0) is 21.2 Å². The number of carbonyl (C=O) groups is 1. The van der Waals surface area contributed by atoms with Crippen molar-refractivity contribution < 1.29 is 13.2 Å². The zero-order chi connectivity index (χ0) is 14.6. The lowest BCUT2D eigenvalue weighted by molar-refractivity contribution is -0.117. The summed E-state index contributed by atoms with van der Waals surface area (Å²) in [7, 11) is -3.31. The van der Waals surface area contributed by atoms with Gasteiger partial charge in [0.15, 0.2) is 0 Å². The first-order valence-electron chi connectivity index (χ1n) is 6.88. The second-order valence-electron chi connectivity index (χ2n) is 5.20. The fourth-order valence-corrected chi connectivity index (χ4v) is 4.35. The molecule has 0 amide bonds. The van der Waals surface area contributed by atoms with Crippen molar-refractivity contribution in [2.75, 3.05) is 12.3 Å². The van der Waals surface area contributed by atoms with Crippen molar-refractivity contribution in [3.8, 4) is 0 Å². The zero-order valence-electron chi connectivity index (χ0n) is 11.7. The molecule has 1 aromatic heterocycles. The Kier molecular flexibility index (Phi) is 4.88. The van der Waals surface area contributed by atoms with Gasteiger partial charge in [-0.25, -0.2) is 8.42 Å². The second-order valence-corrected chi connectivity index (χ2v) is 7.24. The van der Waals surface area contributed by atoms with E-state index in [1.54, 1.807) is 12.3 Å². The number of aromatic nitrogens is 1. The molecule has 1 atom stereocenters. The monoisotopic (exact) mass is 296 g/mol. The predicted octanol–water partition coefficient (Wildman–Crippen LogP) is 1.40. The van der Waals surface area contributed by atoms with Gasteiger partial charge in [0, 0.05) is 37.3 Å². The van der Waals surface area contributed by atoms with E-state index >= 15 is 0 Å². The van der Waals surface area contributed by atoms with Gasteiger partial charge in [-0.05, 0) is 31.9 Å². The quantitative estimate of drug-likeness (QED) is 0.796. The first-order valence-corrected chi connectivity index (χ1v) is 8.49. The normalized spacial score (nSPS) is 20.1. The van der Waals surface area contributed by atoms with Crippen LogP contribution >= 0.6 is 0 Å². The minimum absolute atomic E-state index is 0.0434. The molecule has 0 aliphatic carbocycles. The van der Waals surface area contributed by atoms with Gasteiger partial charge in [-0.1, -0.05) is 6.07 Å². The van der Waals surface area contributed by atoms with Crippen molar-refractivity contribution in [3.05, 3.63) is 30.1 Å². The molecule has 1 aliphatic heterocycles. The number of nitrogens with zero attached hydrogens (tertiary/aromatic N) is 2. The molecule has 1 saturated heterocycles. The molecule has 1 unspecified atom stereocenters. The fraction of sp³-hybridized carbons (Fsp3) is 0.571. The molecular weight excluding hydrogens is 276 g/mol. The highest BCUT2D eigenvalue weighted by Crippen LogP contribution is 2.24. The van der Waals surface area contributed by atoms with E-state index in [0.717, 1.165) is 18.5 Å². The van der Waals surface area contributed by atoms with Crippen molar-refractivity contribution >= 4 is 15.8 Å². The molecule has 0 N–H and O–H groups in total. The van der Waals surface area contributed by atoms with Crippen molar-refractivity contribution in [2.45, 2.75) is 38.6 Å².